The van der Waals surface area contributed by atoms with Gasteiger partial charge in [0.2, 0.25) is 0 Å². The second-order valence-electron chi connectivity index (χ2n) is 11.4. The van der Waals surface area contributed by atoms with E-state index in [0.717, 1.165) is 58.0 Å². The van der Waals surface area contributed by atoms with Crippen LogP contribution in [0.4, 0.5) is 4.39 Å². The molecule has 4 saturated carbocycles. The first-order valence-electron chi connectivity index (χ1n) is 12.5. The minimum absolute atomic E-state index is 0.0960. The highest BCUT2D eigenvalue weighted by atomic mass is 19.1. The normalized spacial score (nSPS) is 52.1. The summed E-state index contributed by atoms with van der Waals surface area (Å²) in [4.78, 5) is 18.5. The molecule has 5 rings (SSSR count). The van der Waals surface area contributed by atoms with E-state index in [-0.39, 0.29) is 23.2 Å². The Morgan fingerprint density at radius 1 is 1.13 bits per heavy atom. The Morgan fingerprint density at radius 3 is 2.70 bits per heavy atom. The standard InChI is InChI=1S/C25H39FN2O2/c1-4-16-18-6-5-17-19(7-10-25(3)20(17)13-21(26)23(25)29)24(18,2)11-8-22(16)28-30-15-9-12-27-14-15/h15-21,27H,4-14H2,1-3H3/b28-22+/t15?,16-,17?,18?,19?,20?,21?,24+,25+/m1/s1. The lowest BCUT2D eigenvalue weighted by molar-refractivity contribution is -0.140. The molecule has 0 aromatic carbocycles. The molecule has 30 heavy (non-hydrogen) atoms. The molecule has 5 heteroatoms. The molecule has 0 bridgehead atoms. The Labute approximate surface area is 180 Å². The van der Waals surface area contributed by atoms with Crippen molar-refractivity contribution < 1.29 is 14.0 Å². The Bertz CT molecular complexity index is 720. The van der Waals surface area contributed by atoms with E-state index in [2.05, 4.69) is 26.1 Å². The zero-order chi connectivity index (χ0) is 21.1. The van der Waals surface area contributed by atoms with Gasteiger partial charge in [-0.1, -0.05) is 25.9 Å². The van der Waals surface area contributed by atoms with Crippen LogP contribution >= 0.6 is 0 Å². The van der Waals surface area contributed by atoms with Crippen molar-refractivity contribution in [2.24, 2.45) is 45.6 Å². The number of halogens is 1. The number of hydrogen-bond donors (Lipinski definition) is 1. The summed E-state index contributed by atoms with van der Waals surface area (Å²) >= 11 is 0. The topological polar surface area (TPSA) is 50.7 Å². The summed E-state index contributed by atoms with van der Waals surface area (Å²) in [5.74, 6) is 2.45. The van der Waals surface area contributed by atoms with Crippen molar-refractivity contribution >= 4 is 11.5 Å². The van der Waals surface area contributed by atoms with Crippen molar-refractivity contribution in [1.82, 2.24) is 5.32 Å². The lowest BCUT2D eigenvalue weighted by Gasteiger charge is -2.61. The number of fused-ring (bicyclic) bond motifs is 5. The minimum Gasteiger partial charge on any atom is -0.391 e. The van der Waals surface area contributed by atoms with Crippen molar-refractivity contribution in [3.63, 3.8) is 0 Å². The number of nitrogens with one attached hydrogen (secondary N) is 1. The molecule has 0 spiro atoms. The Balaban J connectivity index is 1.37. The molecule has 4 nitrogen and oxygen atoms in total. The maximum Gasteiger partial charge on any atom is 0.173 e. The van der Waals surface area contributed by atoms with Crippen molar-refractivity contribution in [3.8, 4) is 0 Å². The average Bonchev–Trinajstić information content (AvgIpc) is 3.33. The molecule has 0 radical (unpaired) electrons. The van der Waals surface area contributed by atoms with E-state index < -0.39 is 11.6 Å². The van der Waals surface area contributed by atoms with E-state index >= 15 is 0 Å². The number of alkyl halides is 1. The summed E-state index contributed by atoms with van der Waals surface area (Å²) in [7, 11) is 0. The molecule has 4 aliphatic carbocycles. The summed E-state index contributed by atoms with van der Waals surface area (Å²) in [6, 6.07) is 0. The zero-order valence-electron chi connectivity index (χ0n) is 19.0. The van der Waals surface area contributed by atoms with E-state index in [0.29, 0.717) is 30.1 Å². The van der Waals surface area contributed by atoms with E-state index in [1.807, 2.05) is 0 Å². The van der Waals surface area contributed by atoms with Crippen molar-refractivity contribution in [2.75, 3.05) is 13.1 Å². The number of Topliss-reactive ketones (excluding diaryl/α,β-unsaturated/α-hetero) is 1. The van der Waals surface area contributed by atoms with Gasteiger partial charge in [-0.25, -0.2) is 4.39 Å². The maximum atomic E-state index is 14.4. The second-order valence-corrected chi connectivity index (χ2v) is 11.4. The van der Waals surface area contributed by atoms with Crippen LogP contribution in [0.15, 0.2) is 5.16 Å². The Morgan fingerprint density at radius 2 is 1.97 bits per heavy atom. The molecule has 5 aliphatic rings. The van der Waals surface area contributed by atoms with E-state index in [1.165, 1.54) is 12.1 Å². The van der Waals surface area contributed by atoms with Crippen LogP contribution < -0.4 is 5.32 Å². The minimum atomic E-state index is -1.22. The third-order valence-electron chi connectivity index (χ3n) is 10.2. The lowest BCUT2D eigenvalue weighted by Crippen LogP contribution is -2.56. The number of hydrogen-bond acceptors (Lipinski definition) is 4. The predicted octanol–water partition coefficient (Wildman–Crippen LogP) is 4.92. The van der Waals surface area contributed by atoms with Crippen molar-refractivity contribution in [1.29, 1.82) is 0 Å². The fourth-order valence-electron chi connectivity index (χ4n) is 8.57. The number of carbonyl (C=O) groups excluding carboxylic acids is 1. The molecule has 168 valence electrons. The summed E-state index contributed by atoms with van der Waals surface area (Å²) in [5, 5.41) is 8.06. The molecular weight excluding hydrogens is 379 g/mol. The van der Waals surface area contributed by atoms with Gasteiger partial charge in [-0.2, -0.15) is 0 Å². The third-order valence-corrected chi connectivity index (χ3v) is 10.2. The number of oxime groups is 1. The first-order chi connectivity index (χ1) is 14.4. The van der Waals surface area contributed by atoms with Crippen LogP contribution in [-0.2, 0) is 9.63 Å². The fourth-order valence-corrected chi connectivity index (χ4v) is 8.57. The van der Waals surface area contributed by atoms with Gasteiger partial charge in [0.1, 0.15) is 6.10 Å². The van der Waals surface area contributed by atoms with Crippen LogP contribution in [0.1, 0.15) is 78.6 Å². The molecule has 9 atom stereocenters. The van der Waals surface area contributed by atoms with Gasteiger partial charge >= 0.3 is 0 Å². The lowest BCUT2D eigenvalue weighted by atomic mass is 9.43. The van der Waals surface area contributed by atoms with Crippen LogP contribution in [0, 0.1) is 40.4 Å². The Hall–Kier alpha value is -0.970. The van der Waals surface area contributed by atoms with Crippen LogP contribution in [0.3, 0.4) is 0 Å². The van der Waals surface area contributed by atoms with Gasteiger partial charge in [-0.15, -0.1) is 0 Å². The smallest absolute Gasteiger partial charge is 0.173 e. The maximum absolute atomic E-state index is 14.4. The molecule has 1 N–H and O–H groups in total. The van der Waals surface area contributed by atoms with Gasteiger partial charge < -0.3 is 10.2 Å². The van der Waals surface area contributed by atoms with Crippen LogP contribution in [-0.4, -0.2) is 36.9 Å². The molecule has 0 amide bonds. The van der Waals surface area contributed by atoms with Crippen LogP contribution in [0.25, 0.3) is 0 Å². The largest absolute Gasteiger partial charge is 0.391 e. The average molecular weight is 419 g/mol. The molecule has 5 fully saturated rings. The summed E-state index contributed by atoms with van der Waals surface area (Å²) in [6.45, 7) is 8.82. The highest BCUT2D eigenvalue weighted by molar-refractivity contribution is 5.91. The zero-order valence-corrected chi connectivity index (χ0v) is 19.0. The van der Waals surface area contributed by atoms with E-state index in [1.54, 1.807) is 0 Å². The van der Waals surface area contributed by atoms with E-state index in [9.17, 15) is 9.18 Å². The highest BCUT2D eigenvalue weighted by Gasteiger charge is 2.63. The van der Waals surface area contributed by atoms with Crippen molar-refractivity contribution in [3.05, 3.63) is 0 Å². The van der Waals surface area contributed by atoms with Crippen LogP contribution in [0.5, 0.6) is 0 Å². The number of rotatable bonds is 3. The summed E-state index contributed by atoms with van der Waals surface area (Å²) < 4.78 is 14.4. The fraction of sp³-hybridized carbons (Fsp3) is 0.920. The van der Waals surface area contributed by atoms with E-state index in [4.69, 9.17) is 9.99 Å². The second kappa shape index (κ2) is 7.56. The molecule has 6 unspecified atom stereocenters. The molecule has 0 aromatic heterocycles. The van der Waals surface area contributed by atoms with Crippen LogP contribution in [0.2, 0.25) is 0 Å². The molecule has 0 aromatic rings. The highest BCUT2D eigenvalue weighted by Crippen LogP contribution is 2.66. The Kier molecular flexibility index (Phi) is 5.27. The van der Waals surface area contributed by atoms with Gasteiger partial charge in [-0.3, -0.25) is 4.79 Å². The number of nitrogens with zero attached hydrogens (tertiary/aromatic N) is 1. The predicted molar refractivity (Wildman–Crippen MR) is 116 cm³/mol. The summed E-state index contributed by atoms with van der Waals surface area (Å²) in [5.41, 5.74) is 1.17. The quantitative estimate of drug-likeness (QED) is 0.662. The van der Waals surface area contributed by atoms with Gasteiger partial charge in [0.25, 0.3) is 0 Å². The molecular formula is C25H39FN2O2. The first kappa shape index (κ1) is 20.9. The van der Waals surface area contributed by atoms with Gasteiger partial charge in [-0.05, 0) is 87.0 Å². The number of carbonyl (C=O) groups is 1. The third kappa shape index (κ3) is 3.01. The molecule has 1 heterocycles. The molecule has 1 aliphatic heterocycles. The van der Waals surface area contributed by atoms with Gasteiger partial charge in [0.05, 0.1) is 5.71 Å². The van der Waals surface area contributed by atoms with Gasteiger partial charge in [0, 0.05) is 24.3 Å². The molecule has 1 saturated heterocycles. The van der Waals surface area contributed by atoms with Gasteiger partial charge in [0.15, 0.2) is 12.0 Å². The van der Waals surface area contributed by atoms with Crippen molar-refractivity contribution in [2.45, 2.75) is 90.8 Å². The summed E-state index contributed by atoms with van der Waals surface area (Å²) in [6.07, 6.45) is 8.17. The number of ketones is 1. The SMILES string of the molecule is CC[C@H]1/C(=N/OC2CCNC2)CC[C@]2(C)C3CC[C@]4(C)C(=O)C(F)CC4C3CCC12. The first-order valence-corrected chi connectivity index (χ1v) is 12.5. The monoisotopic (exact) mass is 418 g/mol.